The zero-order valence-corrected chi connectivity index (χ0v) is 11.6. The second kappa shape index (κ2) is 7.53. The number of hydrogen-bond donors (Lipinski definition) is 1. The first kappa shape index (κ1) is 15.2. The summed E-state index contributed by atoms with van der Waals surface area (Å²) in [5, 5.41) is 2.67. The van der Waals surface area contributed by atoms with Crippen LogP contribution in [0.4, 0.5) is 0 Å². The van der Waals surface area contributed by atoms with Gasteiger partial charge in [-0.2, -0.15) is 0 Å². The van der Waals surface area contributed by atoms with Crippen molar-refractivity contribution in [3.8, 4) is 0 Å². The molecule has 1 rings (SSSR count). The summed E-state index contributed by atoms with van der Waals surface area (Å²) in [5.74, 6) is -0.512. The van der Waals surface area contributed by atoms with Crippen LogP contribution < -0.4 is 5.32 Å². The average Bonchev–Trinajstić information content (AvgIpc) is 2.38. The summed E-state index contributed by atoms with van der Waals surface area (Å²) in [4.78, 5) is 24.7. The van der Waals surface area contributed by atoms with Crippen molar-refractivity contribution in [1.29, 1.82) is 0 Å². The van der Waals surface area contributed by atoms with Gasteiger partial charge in [-0.05, 0) is 31.8 Å². The number of esters is 1. The van der Waals surface area contributed by atoms with Gasteiger partial charge in [0.05, 0.1) is 13.5 Å². The van der Waals surface area contributed by atoms with E-state index in [2.05, 4.69) is 15.0 Å². The summed E-state index contributed by atoms with van der Waals surface area (Å²) >= 11 is 0. The molecule has 0 atom stereocenters. The van der Waals surface area contributed by atoms with Crippen LogP contribution in [0, 0.1) is 0 Å². The molecule has 0 saturated carbocycles. The van der Waals surface area contributed by atoms with E-state index in [-0.39, 0.29) is 24.8 Å². The number of amides is 1. The van der Waals surface area contributed by atoms with Crippen molar-refractivity contribution in [1.82, 2.24) is 10.2 Å². The predicted molar refractivity (Wildman–Crippen MR) is 72.8 cm³/mol. The van der Waals surface area contributed by atoms with Gasteiger partial charge in [-0.25, -0.2) is 0 Å². The van der Waals surface area contributed by atoms with Crippen LogP contribution in [0.1, 0.15) is 22.3 Å². The molecular formula is C14H20N2O3. The molecule has 5 nitrogen and oxygen atoms in total. The Morgan fingerprint density at radius 2 is 1.84 bits per heavy atom. The second-order valence-electron chi connectivity index (χ2n) is 4.52. The molecule has 0 saturated heterocycles. The number of methoxy groups -OCH3 is 1. The minimum atomic E-state index is -0.332. The van der Waals surface area contributed by atoms with Gasteiger partial charge in [-0.15, -0.1) is 0 Å². The third-order valence-electron chi connectivity index (χ3n) is 2.56. The van der Waals surface area contributed by atoms with Crippen LogP contribution >= 0.6 is 0 Å². The normalized spacial score (nSPS) is 10.3. The molecule has 1 aromatic rings. The lowest BCUT2D eigenvalue weighted by molar-refractivity contribution is -0.140. The van der Waals surface area contributed by atoms with E-state index in [1.165, 1.54) is 7.11 Å². The number of nitrogens with one attached hydrogen (secondary N) is 1. The molecule has 0 bridgehead atoms. The second-order valence-corrected chi connectivity index (χ2v) is 4.52. The standard InChI is InChI=1S/C14H20N2O3/c1-16(2)10-11-4-6-12(7-5-11)14(18)15-9-8-13(17)19-3/h4-7H,8-10H2,1-3H3,(H,15,18). The van der Waals surface area contributed by atoms with Gasteiger partial charge in [0, 0.05) is 18.7 Å². The van der Waals surface area contributed by atoms with E-state index in [0.29, 0.717) is 5.56 Å². The maximum Gasteiger partial charge on any atom is 0.307 e. The fraction of sp³-hybridized carbons (Fsp3) is 0.429. The molecule has 1 amide bonds. The van der Waals surface area contributed by atoms with E-state index < -0.39 is 0 Å². The van der Waals surface area contributed by atoms with E-state index in [1.807, 2.05) is 26.2 Å². The van der Waals surface area contributed by atoms with Gasteiger partial charge in [0.25, 0.3) is 5.91 Å². The monoisotopic (exact) mass is 264 g/mol. The third kappa shape index (κ3) is 5.52. The molecule has 0 aromatic heterocycles. The Hall–Kier alpha value is -1.88. The van der Waals surface area contributed by atoms with Crippen LogP contribution in [0.5, 0.6) is 0 Å². The highest BCUT2D eigenvalue weighted by molar-refractivity contribution is 5.94. The number of benzene rings is 1. The number of carbonyl (C=O) groups excluding carboxylic acids is 2. The first-order valence-electron chi connectivity index (χ1n) is 6.11. The Kier molecular flexibility index (Phi) is 6.02. The minimum Gasteiger partial charge on any atom is -0.469 e. The minimum absolute atomic E-state index is 0.180. The largest absolute Gasteiger partial charge is 0.469 e. The first-order valence-corrected chi connectivity index (χ1v) is 6.11. The van der Waals surface area contributed by atoms with Crippen molar-refractivity contribution in [2.24, 2.45) is 0 Å². The Morgan fingerprint density at radius 3 is 2.37 bits per heavy atom. The van der Waals surface area contributed by atoms with Gasteiger partial charge in [0.1, 0.15) is 0 Å². The highest BCUT2D eigenvalue weighted by atomic mass is 16.5. The molecule has 104 valence electrons. The number of ether oxygens (including phenoxy) is 1. The van der Waals surface area contributed by atoms with Crippen LogP contribution in [-0.4, -0.2) is 44.5 Å². The highest BCUT2D eigenvalue weighted by Crippen LogP contribution is 2.06. The SMILES string of the molecule is COC(=O)CCNC(=O)c1ccc(CN(C)C)cc1. The fourth-order valence-corrected chi connectivity index (χ4v) is 1.61. The average molecular weight is 264 g/mol. The molecule has 1 N–H and O–H groups in total. The zero-order valence-electron chi connectivity index (χ0n) is 11.6. The van der Waals surface area contributed by atoms with E-state index in [9.17, 15) is 9.59 Å². The van der Waals surface area contributed by atoms with Gasteiger partial charge >= 0.3 is 5.97 Å². The molecule has 0 unspecified atom stereocenters. The van der Waals surface area contributed by atoms with Gasteiger partial charge in [0.15, 0.2) is 0 Å². The molecular weight excluding hydrogens is 244 g/mol. The van der Waals surface area contributed by atoms with Crippen LogP contribution in [0.2, 0.25) is 0 Å². The summed E-state index contributed by atoms with van der Waals surface area (Å²) in [6, 6.07) is 7.42. The fourth-order valence-electron chi connectivity index (χ4n) is 1.61. The maximum atomic E-state index is 11.8. The molecule has 0 fully saturated rings. The molecule has 0 aliphatic rings. The zero-order chi connectivity index (χ0) is 14.3. The van der Waals surface area contributed by atoms with Crippen LogP contribution in [-0.2, 0) is 16.1 Å². The molecule has 0 aliphatic heterocycles. The Morgan fingerprint density at radius 1 is 1.21 bits per heavy atom. The molecule has 0 radical (unpaired) electrons. The van der Waals surface area contributed by atoms with Gasteiger partial charge in [-0.3, -0.25) is 9.59 Å². The Labute approximate surface area is 113 Å². The number of nitrogens with zero attached hydrogens (tertiary/aromatic N) is 1. The predicted octanol–water partition coefficient (Wildman–Crippen LogP) is 1.04. The lowest BCUT2D eigenvalue weighted by atomic mass is 10.1. The summed E-state index contributed by atoms with van der Waals surface area (Å²) in [6.07, 6.45) is 0.182. The lowest BCUT2D eigenvalue weighted by Crippen LogP contribution is -2.26. The van der Waals surface area contributed by atoms with Crippen LogP contribution in [0.25, 0.3) is 0 Å². The summed E-state index contributed by atoms with van der Waals surface area (Å²) in [5.41, 5.74) is 1.74. The summed E-state index contributed by atoms with van der Waals surface area (Å²) in [6.45, 7) is 1.12. The van der Waals surface area contributed by atoms with Crippen molar-refractivity contribution in [3.63, 3.8) is 0 Å². The van der Waals surface area contributed by atoms with Crippen molar-refractivity contribution in [2.75, 3.05) is 27.7 Å². The van der Waals surface area contributed by atoms with Crippen molar-refractivity contribution in [3.05, 3.63) is 35.4 Å². The van der Waals surface area contributed by atoms with Gasteiger partial charge in [0.2, 0.25) is 0 Å². The third-order valence-corrected chi connectivity index (χ3v) is 2.56. The summed E-state index contributed by atoms with van der Waals surface area (Å²) in [7, 11) is 5.31. The number of carbonyl (C=O) groups is 2. The summed E-state index contributed by atoms with van der Waals surface area (Å²) < 4.78 is 4.50. The van der Waals surface area contributed by atoms with Crippen molar-refractivity contribution in [2.45, 2.75) is 13.0 Å². The van der Waals surface area contributed by atoms with Crippen molar-refractivity contribution >= 4 is 11.9 Å². The van der Waals surface area contributed by atoms with E-state index in [1.54, 1.807) is 12.1 Å². The highest BCUT2D eigenvalue weighted by Gasteiger charge is 2.06. The quantitative estimate of drug-likeness (QED) is 0.780. The van der Waals surface area contributed by atoms with Gasteiger partial charge in [-0.1, -0.05) is 12.1 Å². The van der Waals surface area contributed by atoms with Crippen LogP contribution in [0.15, 0.2) is 24.3 Å². The van der Waals surface area contributed by atoms with Crippen molar-refractivity contribution < 1.29 is 14.3 Å². The topological polar surface area (TPSA) is 58.6 Å². The van der Waals surface area contributed by atoms with E-state index >= 15 is 0 Å². The molecule has 5 heteroatoms. The van der Waals surface area contributed by atoms with E-state index in [0.717, 1.165) is 12.1 Å². The Bertz CT molecular complexity index is 427. The molecule has 1 aromatic carbocycles. The number of hydrogen-bond acceptors (Lipinski definition) is 4. The molecule has 19 heavy (non-hydrogen) atoms. The smallest absolute Gasteiger partial charge is 0.307 e. The van der Waals surface area contributed by atoms with Gasteiger partial charge < -0.3 is 15.0 Å². The Balaban J connectivity index is 2.46. The lowest BCUT2D eigenvalue weighted by Gasteiger charge is -2.10. The molecule has 0 spiro atoms. The first-order chi connectivity index (χ1) is 9.02. The maximum absolute atomic E-state index is 11.8. The molecule has 0 aliphatic carbocycles. The molecule has 0 heterocycles. The van der Waals surface area contributed by atoms with Crippen LogP contribution in [0.3, 0.4) is 0 Å². The number of rotatable bonds is 6. The van der Waals surface area contributed by atoms with E-state index in [4.69, 9.17) is 0 Å².